The molecule has 0 bridgehead atoms. The number of benzene rings is 1. The van der Waals surface area contributed by atoms with Crippen LogP contribution in [0.2, 0.25) is 0 Å². The zero-order valence-corrected chi connectivity index (χ0v) is 20.4. The highest BCUT2D eigenvalue weighted by atomic mass is 127. The van der Waals surface area contributed by atoms with Crippen LogP contribution in [-0.4, -0.2) is 61.9 Å². The van der Waals surface area contributed by atoms with E-state index in [0.717, 1.165) is 18.7 Å². The van der Waals surface area contributed by atoms with Crippen molar-refractivity contribution in [1.29, 1.82) is 0 Å². The predicted molar refractivity (Wildman–Crippen MR) is 129 cm³/mol. The number of amides is 2. The first kappa shape index (κ1) is 25.2. The molecule has 7 nitrogen and oxygen atoms in total. The van der Waals surface area contributed by atoms with Gasteiger partial charge in [0.25, 0.3) is 0 Å². The maximum atomic E-state index is 12.5. The molecular weight excluding hydrogens is 481 g/mol. The van der Waals surface area contributed by atoms with E-state index in [1.165, 1.54) is 5.56 Å². The molecule has 8 heteroatoms. The number of hydrogen-bond donors (Lipinski definition) is 2. The molecule has 0 aromatic heterocycles. The lowest BCUT2D eigenvalue weighted by atomic mass is 10.1. The van der Waals surface area contributed by atoms with Crippen molar-refractivity contribution >= 4 is 47.4 Å². The number of carbonyl (C=O) groups is 2. The van der Waals surface area contributed by atoms with Crippen LogP contribution >= 0.6 is 24.0 Å². The Labute approximate surface area is 191 Å². The molecule has 0 spiro atoms. The summed E-state index contributed by atoms with van der Waals surface area (Å²) in [5.41, 5.74) is 2.02. The lowest BCUT2D eigenvalue weighted by Gasteiger charge is -2.25. The summed E-state index contributed by atoms with van der Waals surface area (Å²) in [6, 6.07) is 8.08. The summed E-state index contributed by atoms with van der Waals surface area (Å²) in [6.07, 6.45) is 2.11. The minimum atomic E-state index is -0.260. The van der Waals surface area contributed by atoms with Gasteiger partial charge in [0, 0.05) is 44.8 Å². The van der Waals surface area contributed by atoms with Gasteiger partial charge in [0.1, 0.15) is 0 Å². The maximum absolute atomic E-state index is 12.5. The number of anilines is 1. The Morgan fingerprint density at radius 1 is 1.24 bits per heavy atom. The minimum Gasteiger partial charge on any atom is -0.356 e. The van der Waals surface area contributed by atoms with E-state index < -0.39 is 0 Å². The topological polar surface area (TPSA) is 77.0 Å². The van der Waals surface area contributed by atoms with Gasteiger partial charge in [-0.3, -0.25) is 14.6 Å². The van der Waals surface area contributed by atoms with Crippen molar-refractivity contribution in [2.75, 3.05) is 38.6 Å². The summed E-state index contributed by atoms with van der Waals surface area (Å²) < 4.78 is 0. The van der Waals surface area contributed by atoms with Gasteiger partial charge in [0.15, 0.2) is 5.96 Å². The van der Waals surface area contributed by atoms with E-state index in [4.69, 9.17) is 0 Å². The third kappa shape index (κ3) is 7.83. The maximum Gasteiger partial charge on any atom is 0.240 e. The highest BCUT2D eigenvalue weighted by molar-refractivity contribution is 14.0. The molecule has 1 aromatic carbocycles. The monoisotopic (exact) mass is 515 g/mol. The van der Waals surface area contributed by atoms with Crippen LogP contribution in [0.5, 0.6) is 0 Å². The minimum absolute atomic E-state index is 0. The number of para-hydroxylation sites is 1. The highest BCUT2D eigenvalue weighted by Gasteiger charge is 2.23. The molecule has 0 radical (unpaired) electrons. The Morgan fingerprint density at radius 3 is 2.59 bits per heavy atom. The summed E-state index contributed by atoms with van der Waals surface area (Å²) in [5.74, 6) is 0.739. The zero-order valence-electron chi connectivity index (χ0n) is 18.1. The number of guanidine groups is 1. The molecule has 1 aliphatic heterocycles. The van der Waals surface area contributed by atoms with E-state index >= 15 is 0 Å². The van der Waals surface area contributed by atoms with Gasteiger partial charge in [0.05, 0.1) is 6.54 Å². The first-order valence-corrected chi connectivity index (χ1v) is 9.82. The number of halogens is 1. The summed E-state index contributed by atoms with van der Waals surface area (Å²) in [4.78, 5) is 32.5. The standard InChI is InChI=1S/C21H33N5O2.HI/c1-21(2,3)24-18(27)15-25(5)20(22-4)23-13-8-11-19(28)26-14-12-16-9-6-7-10-17(16)26;/h6-7,9-10H,8,11-15H2,1-5H3,(H,22,23)(H,24,27);1H. The van der Waals surface area contributed by atoms with Crippen molar-refractivity contribution in [2.24, 2.45) is 4.99 Å². The Morgan fingerprint density at radius 2 is 1.93 bits per heavy atom. The van der Waals surface area contributed by atoms with Crippen molar-refractivity contribution in [3.05, 3.63) is 29.8 Å². The van der Waals surface area contributed by atoms with E-state index in [0.29, 0.717) is 25.3 Å². The van der Waals surface area contributed by atoms with Crippen LogP contribution in [0.4, 0.5) is 5.69 Å². The molecule has 0 unspecified atom stereocenters. The molecule has 0 aliphatic carbocycles. The van der Waals surface area contributed by atoms with E-state index in [1.54, 1.807) is 11.9 Å². The van der Waals surface area contributed by atoms with Crippen LogP contribution in [0.15, 0.2) is 29.3 Å². The summed E-state index contributed by atoms with van der Waals surface area (Å²) in [6.45, 7) is 7.47. The van der Waals surface area contributed by atoms with E-state index in [2.05, 4.69) is 21.7 Å². The van der Waals surface area contributed by atoms with Crippen molar-refractivity contribution in [2.45, 2.75) is 45.6 Å². The zero-order chi connectivity index (χ0) is 20.7. The largest absolute Gasteiger partial charge is 0.356 e. The Balaban J connectivity index is 0.00000420. The van der Waals surface area contributed by atoms with E-state index in [-0.39, 0.29) is 47.9 Å². The van der Waals surface area contributed by atoms with Gasteiger partial charge in [-0.05, 0) is 45.2 Å². The smallest absolute Gasteiger partial charge is 0.240 e. The van der Waals surface area contributed by atoms with Crippen molar-refractivity contribution < 1.29 is 9.59 Å². The van der Waals surface area contributed by atoms with Crippen molar-refractivity contribution in [1.82, 2.24) is 15.5 Å². The Hall–Kier alpha value is -1.84. The van der Waals surface area contributed by atoms with E-state index in [9.17, 15) is 9.59 Å². The first-order valence-electron chi connectivity index (χ1n) is 9.82. The average Bonchev–Trinajstić information content (AvgIpc) is 3.04. The van der Waals surface area contributed by atoms with Crippen LogP contribution in [0.1, 0.15) is 39.2 Å². The second-order valence-corrected chi connectivity index (χ2v) is 8.16. The normalized spacial score (nSPS) is 13.4. The fourth-order valence-electron chi connectivity index (χ4n) is 3.30. The molecule has 0 saturated heterocycles. The number of nitrogens with one attached hydrogen (secondary N) is 2. The van der Waals surface area contributed by atoms with Gasteiger partial charge in [-0.2, -0.15) is 0 Å². The molecule has 2 rings (SSSR count). The molecule has 29 heavy (non-hydrogen) atoms. The summed E-state index contributed by atoms with van der Waals surface area (Å²) in [7, 11) is 3.51. The fraction of sp³-hybridized carbons (Fsp3) is 0.571. The van der Waals surface area contributed by atoms with Crippen LogP contribution in [-0.2, 0) is 16.0 Å². The number of carbonyl (C=O) groups excluding carboxylic acids is 2. The number of hydrogen-bond acceptors (Lipinski definition) is 3. The van der Waals surface area contributed by atoms with Gasteiger partial charge in [0.2, 0.25) is 11.8 Å². The number of likely N-dealkylation sites (N-methyl/N-ethyl adjacent to an activating group) is 1. The van der Waals surface area contributed by atoms with Crippen LogP contribution in [0, 0.1) is 0 Å². The lowest BCUT2D eigenvalue weighted by molar-refractivity contribution is -0.122. The fourth-order valence-corrected chi connectivity index (χ4v) is 3.30. The Bertz CT molecular complexity index is 730. The van der Waals surface area contributed by atoms with Crippen LogP contribution < -0.4 is 15.5 Å². The molecule has 2 amide bonds. The van der Waals surface area contributed by atoms with Gasteiger partial charge in [-0.15, -0.1) is 24.0 Å². The molecular formula is C21H34IN5O2. The third-order valence-electron chi connectivity index (χ3n) is 4.51. The van der Waals surface area contributed by atoms with Crippen LogP contribution in [0.25, 0.3) is 0 Å². The average molecular weight is 515 g/mol. The van der Waals surface area contributed by atoms with Gasteiger partial charge in [-0.1, -0.05) is 18.2 Å². The third-order valence-corrected chi connectivity index (χ3v) is 4.51. The second-order valence-electron chi connectivity index (χ2n) is 8.16. The molecule has 1 aliphatic rings. The number of rotatable bonds is 6. The molecule has 0 fully saturated rings. The van der Waals surface area contributed by atoms with Crippen LogP contribution in [0.3, 0.4) is 0 Å². The molecule has 1 aromatic rings. The van der Waals surface area contributed by atoms with E-state index in [1.807, 2.05) is 50.9 Å². The van der Waals surface area contributed by atoms with Gasteiger partial charge >= 0.3 is 0 Å². The molecule has 2 N–H and O–H groups in total. The molecule has 1 heterocycles. The van der Waals surface area contributed by atoms with Crippen molar-refractivity contribution in [3.63, 3.8) is 0 Å². The van der Waals surface area contributed by atoms with Gasteiger partial charge in [-0.25, -0.2) is 0 Å². The SMILES string of the molecule is CN=C(NCCCC(=O)N1CCc2ccccc21)N(C)CC(=O)NC(C)(C)C.I. The molecule has 162 valence electrons. The first-order chi connectivity index (χ1) is 13.2. The number of aliphatic imine (C=N–C) groups is 1. The molecule has 0 saturated carbocycles. The number of fused-ring (bicyclic) bond motifs is 1. The number of nitrogens with zero attached hydrogens (tertiary/aromatic N) is 3. The van der Waals surface area contributed by atoms with Gasteiger partial charge < -0.3 is 20.4 Å². The summed E-state index contributed by atoms with van der Waals surface area (Å²) >= 11 is 0. The Kier molecular flexibility index (Phi) is 9.88. The lowest BCUT2D eigenvalue weighted by Crippen LogP contribution is -2.48. The summed E-state index contributed by atoms with van der Waals surface area (Å²) in [5, 5.41) is 6.16. The predicted octanol–water partition coefficient (Wildman–Crippen LogP) is 2.40. The second kappa shape index (κ2) is 11.4. The molecule has 0 atom stereocenters. The quantitative estimate of drug-likeness (QED) is 0.264. The van der Waals surface area contributed by atoms with Crippen molar-refractivity contribution in [3.8, 4) is 0 Å². The highest BCUT2D eigenvalue weighted by Crippen LogP contribution is 2.27.